The van der Waals surface area contributed by atoms with Gasteiger partial charge in [0.05, 0.1) is 11.6 Å². The maximum Gasteiger partial charge on any atom is 0.295 e. The van der Waals surface area contributed by atoms with Crippen LogP contribution in [-0.4, -0.2) is 41.3 Å². The van der Waals surface area contributed by atoms with Crippen molar-refractivity contribution in [2.75, 3.05) is 24.5 Å². The van der Waals surface area contributed by atoms with E-state index in [0.717, 1.165) is 41.9 Å². The van der Waals surface area contributed by atoms with Crippen LogP contribution >= 0.6 is 0 Å². The van der Waals surface area contributed by atoms with Crippen LogP contribution in [0.2, 0.25) is 0 Å². The van der Waals surface area contributed by atoms with E-state index in [0.29, 0.717) is 12.1 Å². The lowest BCUT2D eigenvalue weighted by Gasteiger charge is -2.26. The van der Waals surface area contributed by atoms with Crippen LogP contribution in [0.1, 0.15) is 55.5 Å². The average molecular weight is 421 g/mol. The van der Waals surface area contributed by atoms with Crippen LogP contribution in [0.25, 0.3) is 5.76 Å². The molecule has 164 valence electrons. The van der Waals surface area contributed by atoms with E-state index in [9.17, 15) is 14.7 Å². The summed E-state index contributed by atoms with van der Waals surface area (Å²) in [7, 11) is 0. The topological polar surface area (TPSA) is 60.9 Å². The maximum atomic E-state index is 13.0. The molecule has 1 saturated heterocycles. The molecule has 1 N–H and O–H groups in total. The molecular formula is C26H32N2O3. The van der Waals surface area contributed by atoms with Crippen LogP contribution in [0.4, 0.5) is 5.69 Å². The number of hydrogen-bond acceptors (Lipinski definition) is 4. The number of likely N-dealkylation sites (tertiary alicyclic amines) is 1. The first-order chi connectivity index (χ1) is 14.8. The van der Waals surface area contributed by atoms with Gasteiger partial charge in [-0.3, -0.25) is 9.59 Å². The molecule has 1 heterocycles. The molecule has 1 atom stereocenters. The van der Waals surface area contributed by atoms with Crippen LogP contribution < -0.4 is 4.90 Å². The average Bonchev–Trinajstić information content (AvgIpc) is 3.02. The first-order valence-electron chi connectivity index (χ1n) is 11.0. The second-order valence-corrected chi connectivity index (χ2v) is 8.06. The second kappa shape index (κ2) is 9.38. The number of aliphatic hydroxyl groups excluding tert-OH is 1. The number of carbonyl (C=O) groups is 2. The third-order valence-electron chi connectivity index (χ3n) is 6.12. The second-order valence-electron chi connectivity index (χ2n) is 8.06. The van der Waals surface area contributed by atoms with Crippen molar-refractivity contribution < 1.29 is 14.7 Å². The Bertz CT molecular complexity index is 1000. The number of benzene rings is 2. The Morgan fingerprint density at radius 1 is 0.968 bits per heavy atom. The molecule has 0 bridgehead atoms. The number of carbonyl (C=O) groups excluding carboxylic acids is 2. The number of amides is 1. The third kappa shape index (κ3) is 4.22. The molecule has 0 saturated carbocycles. The largest absolute Gasteiger partial charge is 0.507 e. The van der Waals surface area contributed by atoms with Gasteiger partial charge in [-0.15, -0.1) is 0 Å². The van der Waals surface area contributed by atoms with Gasteiger partial charge in [-0.2, -0.15) is 0 Å². The Morgan fingerprint density at radius 2 is 1.61 bits per heavy atom. The fourth-order valence-electron chi connectivity index (χ4n) is 4.20. The van der Waals surface area contributed by atoms with Crippen molar-refractivity contribution >= 4 is 23.1 Å². The SMILES string of the molecule is CCCN1C(=O)C(=O)/C(=C(\O)c2ccc(C)c(C)c2)C1c1ccc(N(CC)CC)cc1. The van der Waals surface area contributed by atoms with E-state index >= 15 is 0 Å². The number of aliphatic hydroxyl groups is 1. The first-order valence-corrected chi connectivity index (χ1v) is 11.0. The highest BCUT2D eigenvalue weighted by molar-refractivity contribution is 6.46. The lowest BCUT2D eigenvalue weighted by Crippen LogP contribution is -2.30. The summed E-state index contributed by atoms with van der Waals surface area (Å²) in [5.74, 6) is -1.29. The van der Waals surface area contributed by atoms with Gasteiger partial charge in [0, 0.05) is 30.9 Å². The summed E-state index contributed by atoms with van der Waals surface area (Å²) in [5.41, 5.74) is 4.77. The summed E-state index contributed by atoms with van der Waals surface area (Å²) in [6.07, 6.45) is 0.727. The molecule has 1 fully saturated rings. The van der Waals surface area contributed by atoms with Crippen molar-refractivity contribution in [1.82, 2.24) is 4.90 Å². The van der Waals surface area contributed by atoms with Crippen molar-refractivity contribution in [3.63, 3.8) is 0 Å². The third-order valence-corrected chi connectivity index (χ3v) is 6.12. The van der Waals surface area contributed by atoms with E-state index in [4.69, 9.17) is 0 Å². The number of hydrogen-bond donors (Lipinski definition) is 1. The molecule has 5 heteroatoms. The van der Waals surface area contributed by atoms with Gasteiger partial charge in [0.2, 0.25) is 0 Å². The lowest BCUT2D eigenvalue weighted by atomic mass is 9.94. The summed E-state index contributed by atoms with van der Waals surface area (Å²) >= 11 is 0. The van der Waals surface area contributed by atoms with E-state index in [1.165, 1.54) is 0 Å². The minimum Gasteiger partial charge on any atom is -0.507 e. The molecule has 2 aromatic rings. The molecule has 1 aliphatic rings. The van der Waals surface area contributed by atoms with E-state index in [-0.39, 0.29) is 11.3 Å². The highest BCUT2D eigenvalue weighted by Crippen LogP contribution is 2.40. The van der Waals surface area contributed by atoms with Gasteiger partial charge >= 0.3 is 0 Å². The zero-order valence-corrected chi connectivity index (χ0v) is 19.1. The van der Waals surface area contributed by atoms with Crippen molar-refractivity contribution in [2.24, 2.45) is 0 Å². The molecule has 1 aliphatic heterocycles. The molecule has 0 spiro atoms. The highest BCUT2D eigenvalue weighted by Gasteiger charge is 2.45. The number of Topliss-reactive ketones (excluding diaryl/α,β-unsaturated/α-hetero) is 1. The lowest BCUT2D eigenvalue weighted by molar-refractivity contribution is -0.139. The van der Waals surface area contributed by atoms with E-state index in [2.05, 4.69) is 18.7 Å². The number of nitrogens with zero attached hydrogens (tertiary/aromatic N) is 2. The number of ketones is 1. The molecule has 31 heavy (non-hydrogen) atoms. The number of rotatable bonds is 7. The Kier molecular flexibility index (Phi) is 6.84. The Labute approximate surface area is 185 Å². The van der Waals surface area contributed by atoms with E-state index < -0.39 is 17.7 Å². The summed E-state index contributed by atoms with van der Waals surface area (Å²) < 4.78 is 0. The number of aryl methyl sites for hydroxylation is 2. The predicted molar refractivity (Wildman–Crippen MR) is 125 cm³/mol. The minimum absolute atomic E-state index is 0.113. The van der Waals surface area contributed by atoms with Gasteiger partial charge in [0.25, 0.3) is 11.7 Å². The predicted octanol–water partition coefficient (Wildman–Crippen LogP) is 4.98. The first kappa shape index (κ1) is 22.6. The molecular weight excluding hydrogens is 388 g/mol. The maximum absolute atomic E-state index is 13.0. The quantitative estimate of drug-likeness (QED) is 0.390. The molecule has 0 aliphatic carbocycles. The smallest absolute Gasteiger partial charge is 0.295 e. The molecule has 5 nitrogen and oxygen atoms in total. The van der Waals surface area contributed by atoms with Crippen LogP contribution in [-0.2, 0) is 9.59 Å². The van der Waals surface area contributed by atoms with Crippen LogP contribution in [0, 0.1) is 13.8 Å². The fraction of sp³-hybridized carbons (Fsp3) is 0.385. The summed E-state index contributed by atoms with van der Waals surface area (Å²) in [6.45, 7) is 12.4. The molecule has 3 rings (SSSR count). The molecule has 2 aromatic carbocycles. The van der Waals surface area contributed by atoms with Gasteiger partial charge in [-0.1, -0.05) is 31.2 Å². The zero-order valence-electron chi connectivity index (χ0n) is 19.1. The van der Waals surface area contributed by atoms with Crippen molar-refractivity contribution in [3.05, 3.63) is 70.3 Å². The Morgan fingerprint density at radius 3 is 2.16 bits per heavy atom. The summed E-state index contributed by atoms with van der Waals surface area (Å²) in [5, 5.41) is 11.1. The van der Waals surface area contributed by atoms with Crippen molar-refractivity contribution in [1.29, 1.82) is 0 Å². The van der Waals surface area contributed by atoms with Crippen molar-refractivity contribution in [3.8, 4) is 0 Å². The normalized spacial score (nSPS) is 18.0. The van der Waals surface area contributed by atoms with E-state index in [1.54, 1.807) is 11.0 Å². The van der Waals surface area contributed by atoms with Gasteiger partial charge in [-0.25, -0.2) is 0 Å². The molecule has 0 aromatic heterocycles. The van der Waals surface area contributed by atoms with Gasteiger partial charge in [0.15, 0.2) is 0 Å². The van der Waals surface area contributed by atoms with Gasteiger partial charge in [0.1, 0.15) is 5.76 Å². The van der Waals surface area contributed by atoms with Gasteiger partial charge in [-0.05, 0) is 69.0 Å². The Hall–Kier alpha value is -3.08. The number of anilines is 1. The molecule has 1 amide bonds. The van der Waals surface area contributed by atoms with E-state index in [1.807, 2.05) is 57.2 Å². The van der Waals surface area contributed by atoms with Crippen molar-refractivity contribution in [2.45, 2.75) is 47.1 Å². The Balaban J connectivity index is 2.13. The summed E-state index contributed by atoms with van der Waals surface area (Å²) in [4.78, 5) is 29.7. The van der Waals surface area contributed by atoms with Crippen LogP contribution in [0.3, 0.4) is 0 Å². The fourth-order valence-corrected chi connectivity index (χ4v) is 4.20. The van der Waals surface area contributed by atoms with Crippen LogP contribution in [0.5, 0.6) is 0 Å². The minimum atomic E-state index is -0.623. The van der Waals surface area contributed by atoms with Gasteiger partial charge < -0.3 is 14.9 Å². The standard InChI is InChI=1S/C26H32N2O3/c1-6-15-28-23(19-11-13-21(14-12-19)27(7-2)8-3)22(25(30)26(28)31)24(29)20-10-9-17(4)18(5)16-20/h9-14,16,23,29H,6-8,15H2,1-5H3/b24-22-. The molecule has 1 unspecified atom stereocenters. The molecule has 0 radical (unpaired) electrons. The summed E-state index contributed by atoms with van der Waals surface area (Å²) in [6, 6.07) is 12.9. The highest BCUT2D eigenvalue weighted by atomic mass is 16.3. The monoisotopic (exact) mass is 420 g/mol. The van der Waals surface area contributed by atoms with Crippen LogP contribution in [0.15, 0.2) is 48.0 Å². The zero-order chi connectivity index (χ0) is 22.7.